The minimum atomic E-state index is 0.212. The first-order chi connectivity index (χ1) is 6.22. The maximum absolute atomic E-state index is 5.56. The topological polar surface area (TPSA) is 21.3 Å². The summed E-state index contributed by atoms with van der Waals surface area (Å²) < 4.78 is 5.56. The summed E-state index contributed by atoms with van der Waals surface area (Å²) in [5, 5.41) is 2.88. The van der Waals surface area contributed by atoms with Gasteiger partial charge in [0.15, 0.2) is 11.3 Å². The van der Waals surface area contributed by atoms with Crippen molar-refractivity contribution in [1.29, 1.82) is 0 Å². The Hall–Kier alpha value is -0.220. The standard InChI is InChI=1S/C9H15NOS2/c1-7-4-12-6-9(13-5-7)11-8(2)10-3/h9-10H,1-2,4-6H2,3H3. The molecule has 0 spiro atoms. The molecule has 1 rings (SSSR count). The SMILES string of the molecule is C=C1CSCC(OC(=C)NC)SC1. The first-order valence-electron chi connectivity index (χ1n) is 4.11. The van der Waals surface area contributed by atoms with Gasteiger partial charge >= 0.3 is 0 Å². The van der Waals surface area contributed by atoms with Crippen LogP contribution in [0.3, 0.4) is 0 Å². The molecule has 1 atom stereocenters. The van der Waals surface area contributed by atoms with E-state index in [1.165, 1.54) is 5.57 Å². The fraction of sp³-hybridized carbons (Fsp3) is 0.556. The molecule has 0 bridgehead atoms. The molecule has 13 heavy (non-hydrogen) atoms. The Bertz CT molecular complexity index is 206. The van der Waals surface area contributed by atoms with E-state index in [0.29, 0.717) is 5.88 Å². The van der Waals surface area contributed by atoms with Crippen LogP contribution in [0.15, 0.2) is 24.6 Å². The van der Waals surface area contributed by atoms with Gasteiger partial charge in [0.25, 0.3) is 0 Å². The molecule has 0 aromatic heterocycles. The lowest BCUT2D eigenvalue weighted by atomic mass is 10.4. The highest BCUT2D eigenvalue weighted by Gasteiger charge is 2.15. The molecule has 74 valence electrons. The zero-order valence-electron chi connectivity index (χ0n) is 7.84. The Morgan fingerprint density at radius 3 is 3.08 bits per heavy atom. The zero-order chi connectivity index (χ0) is 9.68. The second-order valence-electron chi connectivity index (χ2n) is 2.80. The Morgan fingerprint density at radius 2 is 2.38 bits per heavy atom. The summed E-state index contributed by atoms with van der Waals surface area (Å²) in [6.45, 7) is 7.71. The normalized spacial score (nSPS) is 23.5. The molecule has 4 heteroatoms. The van der Waals surface area contributed by atoms with E-state index in [1.54, 1.807) is 11.8 Å². The van der Waals surface area contributed by atoms with Gasteiger partial charge in [0.1, 0.15) is 0 Å². The van der Waals surface area contributed by atoms with E-state index in [1.807, 2.05) is 18.8 Å². The van der Waals surface area contributed by atoms with Crippen molar-refractivity contribution in [2.24, 2.45) is 0 Å². The number of rotatable bonds is 3. The molecule has 1 fully saturated rings. The fourth-order valence-electron chi connectivity index (χ4n) is 0.886. The molecule has 1 unspecified atom stereocenters. The highest BCUT2D eigenvalue weighted by atomic mass is 32.2. The third-order valence-electron chi connectivity index (χ3n) is 1.59. The van der Waals surface area contributed by atoms with Crippen LogP contribution in [0, 0.1) is 0 Å². The number of hydrogen-bond donors (Lipinski definition) is 1. The summed E-state index contributed by atoms with van der Waals surface area (Å²) in [5.74, 6) is 3.70. The number of nitrogens with one attached hydrogen (secondary N) is 1. The molecule has 1 N–H and O–H groups in total. The predicted molar refractivity (Wildman–Crippen MR) is 62.0 cm³/mol. The largest absolute Gasteiger partial charge is 0.465 e. The molecular weight excluding hydrogens is 202 g/mol. The van der Waals surface area contributed by atoms with Crippen LogP contribution in [0.25, 0.3) is 0 Å². The van der Waals surface area contributed by atoms with Crippen LogP contribution >= 0.6 is 23.5 Å². The van der Waals surface area contributed by atoms with E-state index in [2.05, 4.69) is 18.5 Å². The predicted octanol–water partition coefficient (Wildman–Crippen LogP) is 2.06. The highest BCUT2D eigenvalue weighted by Crippen LogP contribution is 2.27. The Morgan fingerprint density at radius 1 is 1.62 bits per heavy atom. The van der Waals surface area contributed by atoms with Crippen molar-refractivity contribution in [2.45, 2.75) is 5.44 Å². The highest BCUT2D eigenvalue weighted by molar-refractivity contribution is 8.04. The van der Waals surface area contributed by atoms with Crippen LogP contribution in [-0.4, -0.2) is 29.7 Å². The summed E-state index contributed by atoms with van der Waals surface area (Å²) in [5.41, 5.74) is 1.50. The van der Waals surface area contributed by atoms with Gasteiger partial charge < -0.3 is 10.1 Å². The van der Waals surface area contributed by atoms with Crippen molar-refractivity contribution >= 4 is 23.5 Å². The first-order valence-corrected chi connectivity index (χ1v) is 6.32. The number of thioether (sulfide) groups is 2. The average molecular weight is 217 g/mol. The molecule has 0 amide bonds. The third kappa shape index (κ3) is 4.00. The van der Waals surface area contributed by atoms with Crippen LogP contribution in [0.1, 0.15) is 0 Å². The lowest BCUT2D eigenvalue weighted by Crippen LogP contribution is -2.17. The maximum Gasteiger partial charge on any atom is 0.180 e. The molecule has 1 aliphatic rings. The van der Waals surface area contributed by atoms with E-state index in [0.717, 1.165) is 17.3 Å². The summed E-state index contributed by atoms with van der Waals surface area (Å²) >= 11 is 3.66. The van der Waals surface area contributed by atoms with Gasteiger partial charge in [-0.2, -0.15) is 11.8 Å². The van der Waals surface area contributed by atoms with Gasteiger partial charge in [-0.25, -0.2) is 0 Å². The molecule has 2 nitrogen and oxygen atoms in total. The summed E-state index contributed by atoms with van der Waals surface area (Å²) in [6, 6.07) is 0. The van der Waals surface area contributed by atoms with Gasteiger partial charge in [-0.3, -0.25) is 0 Å². The van der Waals surface area contributed by atoms with Crippen molar-refractivity contribution in [3.8, 4) is 0 Å². The van der Waals surface area contributed by atoms with E-state index in [4.69, 9.17) is 4.74 Å². The second-order valence-corrected chi connectivity index (χ2v) is 4.97. The van der Waals surface area contributed by atoms with Crippen molar-refractivity contribution in [1.82, 2.24) is 5.32 Å². The summed E-state index contributed by atoms with van der Waals surface area (Å²) in [4.78, 5) is 0. The minimum Gasteiger partial charge on any atom is -0.465 e. The smallest absolute Gasteiger partial charge is 0.180 e. The van der Waals surface area contributed by atoms with E-state index in [-0.39, 0.29) is 5.44 Å². The Labute approximate surface area is 88.2 Å². The quantitative estimate of drug-likeness (QED) is 0.577. The molecule has 0 aromatic rings. The van der Waals surface area contributed by atoms with E-state index in [9.17, 15) is 0 Å². The maximum atomic E-state index is 5.56. The van der Waals surface area contributed by atoms with E-state index >= 15 is 0 Å². The zero-order valence-corrected chi connectivity index (χ0v) is 9.47. The lowest BCUT2D eigenvalue weighted by molar-refractivity contribution is 0.190. The monoisotopic (exact) mass is 217 g/mol. The number of ether oxygens (including phenoxy) is 1. The molecular formula is C9H15NOS2. The lowest BCUT2D eigenvalue weighted by Gasteiger charge is -2.16. The third-order valence-corrected chi connectivity index (χ3v) is 4.16. The van der Waals surface area contributed by atoms with Crippen LogP contribution in [0.4, 0.5) is 0 Å². The summed E-state index contributed by atoms with van der Waals surface area (Å²) in [7, 11) is 1.82. The Kier molecular flexibility index (Phi) is 4.59. The fourth-order valence-corrected chi connectivity index (χ4v) is 3.17. The van der Waals surface area contributed by atoms with E-state index < -0.39 is 0 Å². The molecule has 1 aliphatic heterocycles. The van der Waals surface area contributed by atoms with Crippen LogP contribution in [0.2, 0.25) is 0 Å². The van der Waals surface area contributed by atoms with Gasteiger partial charge in [-0.1, -0.05) is 12.2 Å². The molecule has 0 saturated carbocycles. The number of hydrogen-bond acceptors (Lipinski definition) is 4. The van der Waals surface area contributed by atoms with Crippen molar-refractivity contribution in [3.63, 3.8) is 0 Å². The van der Waals surface area contributed by atoms with Crippen LogP contribution in [0.5, 0.6) is 0 Å². The van der Waals surface area contributed by atoms with Crippen LogP contribution in [-0.2, 0) is 4.74 Å². The molecule has 1 heterocycles. The van der Waals surface area contributed by atoms with Gasteiger partial charge in [0.2, 0.25) is 0 Å². The molecule has 0 aliphatic carbocycles. The first kappa shape index (κ1) is 10.9. The Balaban J connectivity index is 2.33. The van der Waals surface area contributed by atoms with Crippen molar-refractivity contribution < 1.29 is 4.74 Å². The second kappa shape index (κ2) is 5.50. The van der Waals surface area contributed by atoms with Crippen LogP contribution < -0.4 is 5.32 Å². The van der Waals surface area contributed by atoms with Gasteiger partial charge in [-0.05, 0) is 6.58 Å². The molecule has 0 aromatic carbocycles. The molecule has 0 radical (unpaired) electrons. The minimum absolute atomic E-state index is 0.212. The van der Waals surface area contributed by atoms with Crippen molar-refractivity contribution in [3.05, 3.63) is 24.6 Å². The van der Waals surface area contributed by atoms with Crippen molar-refractivity contribution in [2.75, 3.05) is 24.3 Å². The van der Waals surface area contributed by atoms with Gasteiger partial charge in [0, 0.05) is 24.3 Å². The summed E-state index contributed by atoms with van der Waals surface area (Å²) in [6.07, 6.45) is 0. The molecule has 1 saturated heterocycles. The van der Waals surface area contributed by atoms with Gasteiger partial charge in [-0.15, -0.1) is 11.8 Å². The van der Waals surface area contributed by atoms with Gasteiger partial charge in [0.05, 0.1) is 0 Å². The average Bonchev–Trinajstić information content (AvgIpc) is 2.31.